The van der Waals surface area contributed by atoms with Crippen LogP contribution in [0.1, 0.15) is 69.3 Å². The highest BCUT2D eigenvalue weighted by atomic mass is 79.9. The van der Waals surface area contributed by atoms with Gasteiger partial charge in [-0.1, -0.05) is 43.8 Å². The number of nitrogens with two attached hydrogens (primary N) is 2. The van der Waals surface area contributed by atoms with Crippen LogP contribution in [-0.4, -0.2) is 11.6 Å². The Balaban J connectivity index is 0.000000391. The molecule has 0 saturated heterocycles. The third-order valence-electron chi connectivity index (χ3n) is 8.21. The van der Waals surface area contributed by atoms with Crippen molar-refractivity contribution in [2.75, 3.05) is 11.5 Å². The van der Waals surface area contributed by atoms with E-state index in [0.717, 1.165) is 48.5 Å². The molecular weight excluding hydrogens is 1010 g/mol. The van der Waals surface area contributed by atoms with Crippen LogP contribution in [0.25, 0.3) is 0 Å². The van der Waals surface area contributed by atoms with Gasteiger partial charge in [0.1, 0.15) is 81.2 Å². The fraction of sp³-hybridized carbons (Fsp3) is 0.149. The number of ketones is 2. The second-order valence-electron chi connectivity index (χ2n) is 13.1. The lowest BCUT2D eigenvalue weighted by atomic mass is 10.1. The van der Waals surface area contributed by atoms with Crippen molar-refractivity contribution in [3.63, 3.8) is 0 Å². The van der Waals surface area contributed by atoms with Crippen LogP contribution in [0.4, 0.5) is 64.1 Å². The normalized spacial score (nSPS) is 9.74. The quantitative estimate of drug-likeness (QED) is 0.0783. The molecule has 4 nitrogen and oxygen atoms in total. The Morgan fingerprint density at radius 3 is 0.938 bits per heavy atom. The highest BCUT2D eigenvalue weighted by Gasteiger charge is 2.11. The molecule has 6 rings (SSSR count). The van der Waals surface area contributed by atoms with E-state index in [1.807, 2.05) is 0 Å². The molecule has 0 amide bonds. The molecule has 346 valence electrons. The van der Waals surface area contributed by atoms with E-state index in [0.29, 0.717) is 14.5 Å². The van der Waals surface area contributed by atoms with Crippen molar-refractivity contribution in [2.45, 2.75) is 48.5 Å². The molecule has 0 heterocycles. The highest BCUT2D eigenvalue weighted by Crippen LogP contribution is 2.21. The molecule has 0 radical (unpaired) electrons. The summed E-state index contributed by atoms with van der Waals surface area (Å²) in [5.41, 5.74) is 9.54. The second-order valence-corrected chi connectivity index (χ2v) is 14.9. The predicted octanol–water partition coefficient (Wildman–Crippen LogP) is 14.5. The summed E-state index contributed by atoms with van der Waals surface area (Å²) in [5.74, 6) is -3.29. The molecule has 0 atom stereocenters. The van der Waals surface area contributed by atoms with E-state index in [1.54, 1.807) is 6.92 Å². The molecule has 0 spiro atoms. The lowest BCUT2D eigenvalue weighted by molar-refractivity contribution is 0.100. The number of Topliss-reactive ketones (excluding diaryl/α,β-unsaturated/α-hetero) is 2. The molecule has 0 bridgehead atoms. The maximum absolute atomic E-state index is 12.9. The first kappa shape index (κ1) is 57.0. The number of anilines is 2. The van der Waals surface area contributed by atoms with Gasteiger partial charge < -0.3 is 11.5 Å². The zero-order valence-corrected chi connectivity index (χ0v) is 38.4. The highest BCUT2D eigenvalue weighted by molar-refractivity contribution is 9.10. The lowest BCUT2D eigenvalue weighted by Gasteiger charge is -2.00. The monoisotopic (exact) mass is 1050 g/mol. The Kier molecular flexibility index (Phi) is 23.4. The minimum Gasteiger partial charge on any atom is -0.394 e. The molecule has 0 aliphatic carbocycles. The van der Waals surface area contributed by atoms with Gasteiger partial charge in [-0.05, 0) is 121 Å². The van der Waals surface area contributed by atoms with Crippen molar-refractivity contribution in [1.29, 1.82) is 0 Å². The van der Waals surface area contributed by atoms with E-state index < -0.39 is 81.2 Å². The first-order valence-corrected chi connectivity index (χ1v) is 19.7. The van der Waals surface area contributed by atoms with Gasteiger partial charge in [0, 0.05) is 47.9 Å². The van der Waals surface area contributed by atoms with E-state index in [2.05, 4.69) is 43.7 Å². The summed E-state index contributed by atoms with van der Waals surface area (Å²) >= 11 is 5.88. The number of halogens is 14. The molecule has 0 fully saturated rings. The number of rotatable bonds is 2. The van der Waals surface area contributed by atoms with Gasteiger partial charge in [0.15, 0.2) is 11.6 Å². The zero-order chi connectivity index (χ0) is 50.0. The average Bonchev–Trinajstić information content (AvgIpc) is 3.22. The van der Waals surface area contributed by atoms with Gasteiger partial charge in [-0.15, -0.1) is 5.92 Å². The van der Waals surface area contributed by atoms with Gasteiger partial charge in [0.2, 0.25) is 0 Å². The standard InChI is InChI=1S/C10H8F2.2C9H8F2O.C7H5BrF2.C6H4BrF2N.C6H5F2N/c1-3-4-8-5-9(11)7(2)10(12)6-8;2*1-5-8(10)3-7(6(2)12)4-9(5)11;1-4-6(9)2-5(8)3-7(4)10;7-3-1-4(8)6(10)5(9)2-3;7-4-2-1-3-5(8)6(4)9/h5-6H,1-2H3;2*3-4H,1-2H3;2-3H,1H3;1-2H,10H2;1-3H,9H2. The van der Waals surface area contributed by atoms with Crippen LogP contribution in [0.2, 0.25) is 0 Å². The summed E-state index contributed by atoms with van der Waals surface area (Å²) < 4.78 is 152. The van der Waals surface area contributed by atoms with Crippen LogP contribution >= 0.6 is 31.9 Å². The average molecular weight is 1050 g/mol. The van der Waals surface area contributed by atoms with Crippen molar-refractivity contribution in [2.24, 2.45) is 0 Å². The van der Waals surface area contributed by atoms with Gasteiger partial charge in [-0.2, -0.15) is 0 Å². The number of hydrogen-bond donors (Lipinski definition) is 2. The molecule has 0 unspecified atom stereocenters. The van der Waals surface area contributed by atoms with E-state index in [-0.39, 0.29) is 44.9 Å². The summed E-state index contributed by atoms with van der Waals surface area (Å²) in [4.78, 5) is 21.5. The van der Waals surface area contributed by atoms with E-state index in [4.69, 9.17) is 11.5 Å². The molecule has 4 N–H and O–H groups in total. The van der Waals surface area contributed by atoms with Gasteiger partial charge >= 0.3 is 0 Å². The second kappa shape index (κ2) is 26.7. The van der Waals surface area contributed by atoms with Crippen LogP contribution in [0.3, 0.4) is 0 Å². The first-order valence-electron chi connectivity index (χ1n) is 18.1. The van der Waals surface area contributed by atoms with Crippen molar-refractivity contribution in [1.82, 2.24) is 0 Å². The zero-order valence-electron chi connectivity index (χ0n) is 35.3. The van der Waals surface area contributed by atoms with Crippen molar-refractivity contribution >= 4 is 54.8 Å². The molecule has 18 heteroatoms. The van der Waals surface area contributed by atoms with E-state index in [9.17, 15) is 62.3 Å². The fourth-order valence-electron chi connectivity index (χ4n) is 4.24. The summed E-state index contributed by atoms with van der Waals surface area (Å²) in [6.45, 7) is 9.61. The van der Waals surface area contributed by atoms with Crippen LogP contribution in [-0.2, 0) is 0 Å². The number of carbonyl (C=O) groups is 2. The van der Waals surface area contributed by atoms with Crippen molar-refractivity contribution in [3.05, 3.63) is 197 Å². The minimum absolute atomic E-state index is 0.0386. The summed E-state index contributed by atoms with van der Waals surface area (Å²) in [6.07, 6.45) is 0. The maximum Gasteiger partial charge on any atom is 0.160 e. The lowest BCUT2D eigenvalue weighted by Crippen LogP contribution is -1.97. The minimum atomic E-state index is -0.744. The van der Waals surface area contributed by atoms with Crippen LogP contribution in [0.5, 0.6) is 0 Å². The van der Waals surface area contributed by atoms with Crippen molar-refractivity contribution < 1.29 is 62.3 Å². The largest absolute Gasteiger partial charge is 0.394 e. The first-order chi connectivity index (χ1) is 30.1. The maximum atomic E-state index is 12.9. The third kappa shape index (κ3) is 18.5. The molecule has 0 aromatic heterocycles. The number of carbonyl (C=O) groups excluding carboxylic acids is 2. The van der Waals surface area contributed by atoms with Gasteiger partial charge in [-0.3, -0.25) is 9.59 Å². The SMILES string of the molecule is CC#Cc1cc(F)c(C)c(F)c1.CC(=O)c1cc(F)c(C)c(F)c1.CC(=O)c1cc(F)c(C)c(F)c1.Cc1c(F)cc(Br)cc1F.Nc1c(F)cc(Br)cc1F.Nc1c(F)cccc1F. The van der Waals surface area contributed by atoms with E-state index in [1.165, 1.54) is 71.9 Å². The van der Waals surface area contributed by atoms with Gasteiger partial charge in [0.05, 0.1) is 0 Å². The number of nitrogen functional groups attached to an aromatic ring is 2. The van der Waals surface area contributed by atoms with Crippen molar-refractivity contribution in [3.8, 4) is 11.8 Å². The van der Waals surface area contributed by atoms with E-state index >= 15 is 0 Å². The van der Waals surface area contributed by atoms with Gasteiger partial charge in [-0.25, -0.2) is 52.7 Å². The summed E-state index contributed by atoms with van der Waals surface area (Å²) in [5, 5.41) is 0. The smallest absolute Gasteiger partial charge is 0.160 e. The Labute approximate surface area is 383 Å². The Morgan fingerprint density at radius 1 is 0.431 bits per heavy atom. The number of benzene rings is 6. The van der Waals surface area contributed by atoms with Crippen LogP contribution < -0.4 is 11.5 Å². The molecule has 6 aromatic rings. The topological polar surface area (TPSA) is 86.2 Å². The molecule has 0 aliphatic rings. The molecule has 0 aliphatic heterocycles. The number of hydrogen-bond acceptors (Lipinski definition) is 4. The summed E-state index contributed by atoms with van der Waals surface area (Å²) in [6, 6.07) is 14.8. The predicted molar refractivity (Wildman–Crippen MR) is 234 cm³/mol. The van der Waals surface area contributed by atoms with Crippen LogP contribution in [0, 0.1) is 109 Å². The summed E-state index contributed by atoms with van der Waals surface area (Å²) in [7, 11) is 0. The van der Waals surface area contributed by atoms with Crippen LogP contribution in [0.15, 0.2) is 87.8 Å². The number of para-hydroxylation sites is 1. The molecular formula is C47H38Br2F12N2O2. The Bertz CT molecular complexity index is 2460. The third-order valence-corrected chi connectivity index (χ3v) is 9.13. The Morgan fingerprint density at radius 2 is 0.677 bits per heavy atom. The molecule has 0 saturated carbocycles. The Hall–Kier alpha value is -6.06. The fourth-order valence-corrected chi connectivity index (χ4v) is 5.04. The van der Waals surface area contributed by atoms with Gasteiger partial charge in [0.25, 0.3) is 0 Å². The molecule has 6 aromatic carbocycles. The molecule has 65 heavy (non-hydrogen) atoms.